The van der Waals surface area contributed by atoms with E-state index in [1.807, 2.05) is 6.92 Å². The van der Waals surface area contributed by atoms with Crippen molar-refractivity contribution in [1.29, 1.82) is 0 Å². The standard InChI is InChI=1S/C10H17NO4/c1-2-6-15-7-9(12)11-5-3-4-8(11)10(13)14/h8H,2-7H2,1H3,(H,13,14)/t8-/m1/s1. The molecule has 0 aliphatic carbocycles. The van der Waals surface area contributed by atoms with Crippen molar-refractivity contribution in [2.45, 2.75) is 32.2 Å². The number of likely N-dealkylation sites (tertiary alicyclic amines) is 1. The minimum absolute atomic E-state index is 0.00236. The van der Waals surface area contributed by atoms with Gasteiger partial charge in [-0.2, -0.15) is 0 Å². The maximum absolute atomic E-state index is 11.6. The Morgan fingerprint density at radius 1 is 1.53 bits per heavy atom. The Morgan fingerprint density at radius 3 is 2.87 bits per heavy atom. The normalized spacial score (nSPS) is 20.6. The molecule has 1 amide bonds. The molecule has 0 spiro atoms. The van der Waals surface area contributed by atoms with Crippen LogP contribution in [0.2, 0.25) is 0 Å². The molecule has 1 fully saturated rings. The van der Waals surface area contributed by atoms with Crippen LogP contribution in [0.4, 0.5) is 0 Å². The second-order valence-corrected chi connectivity index (χ2v) is 3.64. The number of carbonyl (C=O) groups excluding carboxylic acids is 1. The number of carbonyl (C=O) groups is 2. The molecule has 1 aliphatic heterocycles. The maximum Gasteiger partial charge on any atom is 0.326 e. The predicted octanol–water partition coefficient (Wildman–Crippen LogP) is 0.489. The van der Waals surface area contributed by atoms with Gasteiger partial charge in [0.25, 0.3) is 0 Å². The highest BCUT2D eigenvalue weighted by Crippen LogP contribution is 2.17. The van der Waals surface area contributed by atoms with E-state index in [4.69, 9.17) is 9.84 Å². The van der Waals surface area contributed by atoms with Gasteiger partial charge in [-0.05, 0) is 19.3 Å². The van der Waals surface area contributed by atoms with E-state index >= 15 is 0 Å². The van der Waals surface area contributed by atoms with Crippen LogP contribution in [-0.4, -0.2) is 47.7 Å². The maximum atomic E-state index is 11.6. The molecule has 5 heteroatoms. The van der Waals surface area contributed by atoms with E-state index in [2.05, 4.69) is 0 Å². The van der Waals surface area contributed by atoms with Crippen LogP contribution in [0.3, 0.4) is 0 Å². The molecular weight excluding hydrogens is 198 g/mol. The molecule has 0 aromatic carbocycles. The quantitative estimate of drug-likeness (QED) is 0.678. The summed E-state index contributed by atoms with van der Waals surface area (Å²) in [7, 11) is 0. The molecule has 0 unspecified atom stereocenters. The van der Waals surface area contributed by atoms with E-state index < -0.39 is 12.0 Å². The SMILES string of the molecule is CCCOCC(=O)N1CCC[C@@H]1C(=O)O. The monoisotopic (exact) mass is 215 g/mol. The number of aliphatic carboxylic acids is 1. The van der Waals surface area contributed by atoms with Crippen molar-refractivity contribution in [3.05, 3.63) is 0 Å². The van der Waals surface area contributed by atoms with Gasteiger partial charge < -0.3 is 14.7 Å². The lowest BCUT2D eigenvalue weighted by Crippen LogP contribution is -2.42. The van der Waals surface area contributed by atoms with Crippen molar-refractivity contribution in [1.82, 2.24) is 4.90 Å². The van der Waals surface area contributed by atoms with Gasteiger partial charge >= 0.3 is 5.97 Å². The second-order valence-electron chi connectivity index (χ2n) is 3.64. The first-order valence-corrected chi connectivity index (χ1v) is 5.26. The van der Waals surface area contributed by atoms with Gasteiger partial charge in [-0.1, -0.05) is 6.92 Å². The molecule has 15 heavy (non-hydrogen) atoms. The third kappa shape index (κ3) is 3.20. The fraction of sp³-hybridized carbons (Fsp3) is 0.800. The lowest BCUT2D eigenvalue weighted by atomic mass is 10.2. The highest BCUT2D eigenvalue weighted by atomic mass is 16.5. The molecule has 1 atom stereocenters. The van der Waals surface area contributed by atoms with E-state index in [0.717, 1.165) is 12.8 Å². The highest BCUT2D eigenvalue weighted by molar-refractivity contribution is 5.84. The smallest absolute Gasteiger partial charge is 0.326 e. The average Bonchev–Trinajstić information content (AvgIpc) is 2.66. The highest BCUT2D eigenvalue weighted by Gasteiger charge is 2.33. The van der Waals surface area contributed by atoms with Crippen LogP contribution in [0.5, 0.6) is 0 Å². The molecule has 1 aliphatic rings. The Labute approximate surface area is 89.0 Å². The summed E-state index contributed by atoms with van der Waals surface area (Å²) in [6.07, 6.45) is 2.17. The number of ether oxygens (including phenoxy) is 1. The van der Waals surface area contributed by atoms with Gasteiger partial charge in [0.15, 0.2) is 0 Å². The molecule has 0 aromatic heterocycles. The van der Waals surface area contributed by atoms with Crippen molar-refractivity contribution < 1.29 is 19.4 Å². The minimum atomic E-state index is -0.920. The molecule has 0 saturated carbocycles. The van der Waals surface area contributed by atoms with Gasteiger partial charge in [0, 0.05) is 13.2 Å². The molecule has 86 valence electrons. The van der Waals surface area contributed by atoms with Crippen LogP contribution >= 0.6 is 0 Å². The van der Waals surface area contributed by atoms with Crippen LogP contribution in [0.25, 0.3) is 0 Å². The van der Waals surface area contributed by atoms with Gasteiger partial charge in [-0.3, -0.25) is 4.79 Å². The molecule has 0 aromatic rings. The first-order valence-electron chi connectivity index (χ1n) is 5.26. The number of carboxylic acid groups (broad SMARTS) is 1. The number of hydrogen-bond acceptors (Lipinski definition) is 3. The Bertz CT molecular complexity index is 242. The first-order chi connectivity index (χ1) is 7.16. The number of amides is 1. The average molecular weight is 215 g/mol. The topological polar surface area (TPSA) is 66.8 Å². The largest absolute Gasteiger partial charge is 0.480 e. The fourth-order valence-electron chi connectivity index (χ4n) is 1.71. The van der Waals surface area contributed by atoms with E-state index in [-0.39, 0.29) is 12.5 Å². The summed E-state index contributed by atoms with van der Waals surface area (Å²) in [6, 6.07) is -0.650. The fourth-order valence-corrected chi connectivity index (χ4v) is 1.71. The van der Waals surface area contributed by atoms with Crippen molar-refractivity contribution in [3.8, 4) is 0 Å². The molecule has 1 heterocycles. The Hall–Kier alpha value is -1.10. The minimum Gasteiger partial charge on any atom is -0.480 e. The van der Waals surface area contributed by atoms with E-state index in [9.17, 15) is 9.59 Å². The summed E-state index contributed by atoms with van der Waals surface area (Å²) in [5, 5.41) is 8.87. The lowest BCUT2D eigenvalue weighted by Gasteiger charge is -2.21. The molecule has 1 rings (SSSR count). The van der Waals surface area contributed by atoms with Gasteiger partial charge in [0.2, 0.25) is 5.91 Å². The van der Waals surface area contributed by atoms with Gasteiger partial charge in [0.1, 0.15) is 12.6 Å². The number of carboxylic acids is 1. The van der Waals surface area contributed by atoms with Crippen molar-refractivity contribution in [2.75, 3.05) is 19.8 Å². The molecule has 0 bridgehead atoms. The summed E-state index contributed by atoms with van der Waals surface area (Å²) in [6.45, 7) is 3.03. The Kier molecular flexibility index (Phi) is 4.55. The Balaban J connectivity index is 2.40. The summed E-state index contributed by atoms with van der Waals surface area (Å²) < 4.78 is 5.10. The second kappa shape index (κ2) is 5.70. The predicted molar refractivity (Wildman–Crippen MR) is 53.5 cm³/mol. The zero-order valence-corrected chi connectivity index (χ0v) is 8.94. The third-order valence-electron chi connectivity index (χ3n) is 2.43. The number of hydrogen-bond donors (Lipinski definition) is 1. The molecule has 1 N–H and O–H groups in total. The van der Waals surface area contributed by atoms with E-state index in [1.165, 1.54) is 4.90 Å². The zero-order valence-electron chi connectivity index (χ0n) is 8.94. The van der Waals surface area contributed by atoms with Crippen molar-refractivity contribution in [2.24, 2.45) is 0 Å². The first kappa shape index (κ1) is 12.0. The summed E-state index contributed by atoms with van der Waals surface area (Å²) in [4.78, 5) is 23.8. The molecular formula is C10H17NO4. The molecule has 0 radical (unpaired) electrons. The van der Waals surface area contributed by atoms with Crippen LogP contribution in [0.1, 0.15) is 26.2 Å². The van der Waals surface area contributed by atoms with E-state index in [1.54, 1.807) is 0 Å². The van der Waals surface area contributed by atoms with Gasteiger partial charge in [0.05, 0.1) is 0 Å². The summed E-state index contributed by atoms with van der Waals surface area (Å²) >= 11 is 0. The summed E-state index contributed by atoms with van der Waals surface area (Å²) in [5.41, 5.74) is 0. The van der Waals surface area contributed by atoms with E-state index in [0.29, 0.717) is 19.6 Å². The van der Waals surface area contributed by atoms with Crippen LogP contribution in [0, 0.1) is 0 Å². The van der Waals surface area contributed by atoms with Crippen LogP contribution in [-0.2, 0) is 14.3 Å². The van der Waals surface area contributed by atoms with Crippen LogP contribution in [0.15, 0.2) is 0 Å². The number of rotatable bonds is 5. The number of nitrogens with zero attached hydrogens (tertiary/aromatic N) is 1. The zero-order chi connectivity index (χ0) is 11.3. The van der Waals surface area contributed by atoms with Gasteiger partial charge in [-0.15, -0.1) is 0 Å². The van der Waals surface area contributed by atoms with Crippen molar-refractivity contribution in [3.63, 3.8) is 0 Å². The lowest BCUT2D eigenvalue weighted by molar-refractivity contribution is -0.150. The third-order valence-corrected chi connectivity index (χ3v) is 2.43. The Morgan fingerprint density at radius 2 is 2.27 bits per heavy atom. The molecule has 1 saturated heterocycles. The summed E-state index contributed by atoms with van der Waals surface area (Å²) in [5.74, 6) is -1.13. The molecule has 5 nitrogen and oxygen atoms in total. The van der Waals surface area contributed by atoms with Crippen LogP contribution < -0.4 is 0 Å². The van der Waals surface area contributed by atoms with Crippen molar-refractivity contribution >= 4 is 11.9 Å². The van der Waals surface area contributed by atoms with Gasteiger partial charge in [-0.25, -0.2) is 4.79 Å².